The van der Waals surface area contributed by atoms with Gasteiger partial charge in [0.05, 0.1) is 0 Å². The van der Waals surface area contributed by atoms with Crippen molar-refractivity contribution >= 4 is 21.6 Å². The molecule has 1 aromatic carbocycles. The molecule has 0 saturated carbocycles. The van der Waals surface area contributed by atoms with Crippen molar-refractivity contribution in [2.75, 3.05) is 18.0 Å². The molecule has 0 saturated heterocycles. The van der Waals surface area contributed by atoms with Gasteiger partial charge in [0.25, 0.3) is 0 Å². The number of nitrogens with zero attached hydrogens (tertiary/aromatic N) is 1. The van der Waals surface area contributed by atoms with Gasteiger partial charge in [-0.25, -0.2) is 0 Å². The van der Waals surface area contributed by atoms with Crippen LogP contribution in [0.25, 0.3) is 0 Å². The SMILES string of the molecule is CCN(CC)c1ccc(CC(C)Br)cc1. The first-order valence-corrected chi connectivity index (χ1v) is 6.56. The average molecular weight is 270 g/mol. The molecule has 0 spiro atoms. The predicted octanol–water partition coefficient (Wildman–Crippen LogP) is 3.86. The van der Waals surface area contributed by atoms with Crippen LogP contribution in [0.5, 0.6) is 0 Å². The summed E-state index contributed by atoms with van der Waals surface area (Å²) in [6, 6.07) is 8.90. The minimum atomic E-state index is 0.553. The van der Waals surface area contributed by atoms with Gasteiger partial charge in [-0.1, -0.05) is 35.0 Å². The number of benzene rings is 1. The molecule has 0 N–H and O–H groups in total. The van der Waals surface area contributed by atoms with Crippen LogP contribution in [0.1, 0.15) is 26.3 Å². The maximum absolute atomic E-state index is 3.58. The highest BCUT2D eigenvalue weighted by molar-refractivity contribution is 9.09. The largest absolute Gasteiger partial charge is 0.372 e. The fourth-order valence-corrected chi connectivity index (χ4v) is 2.13. The quantitative estimate of drug-likeness (QED) is 0.734. The van der Waals surface area contributed by atoms with Gasteiger partial charge >= 0.3 is 0 Å². The van der Waals surface area contributed by atoms with E-state index in [0.29, 0.717) is 4.83 Å². The van der Waals surface area contributed by atoms with E-state index in [9.17, 15) is 0 Å². The number of alkyl halides is 1. The summed E-state index contributed by atoms with van der Waals surface area (Å²) in [5.41, 5.74) is 2.72. The lowest BCUT2D eigenvalue weighted by Gasteiger charge is -2.21. The summed E-state index contributed by atoms with van der Waals surface area (Å²) < 4.78 is 0. The van der Waals surface area contributed by atoms with Gasteiger partial charge in [0.15, 0.2) is 0 Å². The van der Waals surface area contributed by atoms with Gasteiger partial charge in [-0.15, -0.1) is 0 Å². The van der Waals surface area contributed by atoms with E-state index >= 15 is 0 Å². The monoisotopic (exact) mass is 269 g/mol. The van der Waals surface area contributed by atoms with Crippen molar-refractivity contribution in [1.29, 1.82) is 0 Å². The van der Waals surface area contributed by atoms with Crippen LogP contribution >= 0.6 is 15.9 Å². The molecule has 0 aromatic heterocycles. The fourth-order valence-electron chi connectivity index (χ4n) is 1.76. The number of hydrogen-bond acceptors (Lipinski definition) is 1. The van der Waals surface area contributed by atoms with Crippen molar-refractivity contribution in [2.24, 2.45) is 0 Å². The van der Waals surface area contributed by atoms with Crippen LogP contribution in [-0.2, 0) is 6.42 Å². The van der Waals surface area contributed by atoms with Crippen LogP contribution in [0.3, 0.4) is 0 Å². The molecule has 1 aromatic rings. The Hall–Kier alpha value is -0.500. The molecule has 0 radical (unpaired) electrons. The third-order valence-corrected chi connectivity index (χ3v) is 2.91. The van der Waals surface area contributed by atoms with Crippen LogP contribution in [0.4, 0.5) is 5.69 Å². The van der Waals surface area contributed by atoms with E-state index in [4.69, 9.17) is 0 Å². The van der Waals surface area contributed by atoms with Crippen LogP contribution in [0.2, 0.25) is 0 Å². The van der Waals surface area contributed by atoms with Gasteiger partial charge < -0.3 is 4.90 Å². The number of halogens is 1. The third-order valence-electron chi connectivity index (χ3n) is 2.58. The molecule has 0 fully saturated rings. The second-order valence-electron chi connectivity index (χ2n) is 3.82. The zero-order chi connectivity index (χ0) is 11.3. The molecule has 0 amide bonds. The summed E-state index contributed by atoms with van der Waals surface area (Å²) in [6.45, 7) is 8.71. The Morgan fingerprint density at radius 2 is 1.67 bits per heavy atom. The Labute approximate surface area is 102 Å². The molecule has 2 heteroatoms. The lowest BCUT2D eigenvalue weighted by molar-refractivity contribution is 0.864. The zero-order valence-electron chi connectivity index (χ0n) is 9.83. The van der Waals surface area contributed by atoms with E-state index in [2.05, 4.69) is 65.9 Å². The van der Waals surface area contributed by atoms with Gasteiger partial charge in [0, 0.05) is 23.6 Å². The number of hydrogen-bond donors (Lipinski definition) is 0. The van der Waals surface area contributed by atoms with Crippen molar-refractivity contribution in [3.63, 3.8) is 0 Å². The number of anilines is 1. The highest BCUT2D eigenvalue weighted by Gasteiger charge is 2.02. The van der Waals surface area contributed by atoms with Crippen molar-refractivity contribution < 1.29 is 0 Å². The lowest BCUT2D eigenvalue weighted by Crippen LogP contribution is -2.21. The Morgan fingerprint density at radius 1 is 1.13 bits per heavy atom. The summed E-state index contributed by atoms with van der Waals surface area (Å²) in [5, 5.41) is 0. The van der Waals surface area contributed by atoms with Gasteiger partial charge in [-0.05, 0) is 38.0 Å². The predicted molar refractivity (Wildman–Crippen MR) is 72.1 cm³/mol. The molecule has 1 nitrogen and oxygen atoms in total. The molecular weight excluding hydrogens is 250 g/mol. The first-order chi connectivity index (χ1) is 7.17. The maximum atomic E-state index is 3.58. The lowest BCUT2D eigenvalue weighted by atomic mass is 10.1. The molecular formula is C13H20BrN. The average Bonchev–Trinajstić information content (AvgIpc) is 2.21. The summed E-state index contributed by atoms with van der Waals surface area (Å²) in [5.74, 6) is 0. The molecule has 1 unspecified atom stereocenters. The van der Waals surface area contributed by atoms with Gasteiger partial charge in [0.1, 0.15) is 0 Å². The molecule has 0 bridgehead atoms. The van der Waals surface area contributed by atoms with Crippen molar-refractivity contribution in [3.8, 4) is 0 Å². The van der Waals surface area contributed by atoms with Crippen molar-refractivity contribution in [1.82, 2.24) is 0 Å². The normalized spacial score (nSPS) is 12.5. The fraction of sp³-hybridized carbons (Fsp3) is 0.538. The second-order valence-corrected chi connectivity index (χ2v) is 5.39. The van der Waals surface area contributed by atoms with Crippen molar-refractivity contribution in [2.45, 2.75) is 32.0 Å². The smallest absolute Gasteiger partial charge is 0.0366 e. The molecule has 1 atom stereocenters. The van der Waals surface area contributed by atoms with Crippen LogP contribution < -0.4 is 4.90 Å². The van der Waals surface area contributed by atoms with Crippen molar-refractivity contribution in [3.05, 3.63) is 29.8 Å². The van der Waals surface area contributed by atoms with Gasteiger partial charge in [-0.2, -0.15) is 0 Å². The first kappa shape index (κ1) is 12.6. The molecule has 15 heavy (non-hydrogen) atoms. The number of rotatable bonds is 5. The van der Waals surface area contributed by atoms with E-state index in [0.717, 1.165) is 19.5 Å². The first-order valence-electron chi connectivity index (χ1n) is 5.65. The van der Waals surface area contributed by atoms with Gasteiger partial charge in [-0.3, -0.25) is 0 Å². The van der Waals surface area contributed by atoms with E-state index < -0.39 is 0 Å². The molecule has 0 heterocycles. The Morgan fingerprint density at radius 3 is 2.07 bits per heavy atom. The van der Waals surface area contributed by atoms with Crippen LogP contribution in [-0.4, -0.2) is 17.9 Å². The Bertz CT molecular complexity index is 275. The van der Waals surface area contributed by atoms with Gasteiger partial charge in [0.2, 0.25) is 0 Å². The van der Waals surface area contributed by atoms with Crippen LogP contribution in [0.15, 0.2) is 24.3 Å². The Kier molecular flexibility index (Phi) is 5.16. The highest BCUT2D eigenvalue weighted by atomic mass is 79.9. The molecule has 0 aliphatic rings. The summed E-state index contributed by atoms with van der Waals surface area (Å²) in [4.78, 5) is 2.92. The summed E-state index contributed by atoms with van der Waals surface area (Å²) in [6.07, 6.45) is 1.10. The Balaban J connectivity index is 2.71. The van der Waals surface area contributed by atoms with Crippen LogP contribution in [0, 0.1) is 0 Å². The van der Waals surface area contributed by atoms with E-state index in [1.54, 1.807) is 0 Å². The molecule has 0 aliphatic carbocycles. The molecule has 0 aliphatic heterocycles. The second kappa shape index (κ2) is 6.16. The standard InChI is InChI=1S/C13H20BrN/c1-4-15(5-2)13-8-6-12(7-9-13)10-11(3)14/h6-9,11H,4-5,10H2,1-3H3. The third kappa shape index (κ3) is 3.86. The summed E-state index contributed by atoms with van der Waals surface area (Å²) >= 11 is 3.58. The highest BCUT2D eigenvalue weighted by Crippen LogP contribution is 2.17. The minimum absolute atomic E-state index is 0.553. The topological polar surface area (TPSA) is 3.24 Å². The zero-order valence-corrected chi connectivity index (χ0v) is 11.4. The molecule has 84 valence electrons. The summed E-state index contributed by atoms with van der Waals surface area (Å²) in [7, 11) is 0. The van der Waals surface area contributed by atoms with E-state index in [1.165, 1.54) is 11.3 Å². The van der Waals surface area contributed by atoms with E-state index in [-0.39, 0.29) is 0 Å². The van der Waals surface area contributed by atoms with E-state index in [1.807, 2.05) is 0 Å². The maximum Gasteiger partial charge on any atom is 0.0366 e. The molecule has 1 rings (SSSR count). The minimum Gasteiger partial charge on any atom is -0.372 e.